The van der Waals surface area contributed by atoms with Crippen LogP contribution in [0.2, 0.25) is 0 Å². The third-order valence-corrected chi connectivity index (χ3v) is 3.68. The zero-order valence-corrected chi connectivity index (χ0v) is 11.3. The number of nitrogens with one attached hydrogen (secondary N) is 1. The summed E-state index contributed by atoms with van der Waals surface area (Å²) in [4.78, 5) is 33.6. The zero-order chi connectivity index (χ0) is 15.6. The molecule has 1 amide bonds. The lowest BCUT2D eigenvalue weighted by atomic mass is 9.68. The number of nitro groups is 1. The fraction of sp³-hybridized carbons (Fsp3) is 0.385. The maximum Gasteiger partial charge on any atom is 0.319 e. The summed E-state index contributed by atoms with van der Waals surface area (Å²) in [6.45, 7) is 0. The molecule has 1 aliphatic rings. The molecule has 1 aromatic rings. The monoisotopic (exact) mass is 294 g/mol. The molecule has 0 bridgehead atoms. The molecule has 112 valence electrons. The van der Waals surface area contributed by atoms with Gasteiger partial charge in [0.05, 0.1) is 12.0 Å². The third kappa shape index (κ3) is 2.51. The highest BCUT2D eigenvalue weighted by molar-refractivity contribution is 6.09. The van der Waals surface area contributed by atoms with E-state index in [2.05, 4.69) is 5.32 Å². The lowest BCUT2D eigenvalue weighted by molar-refractivity contribution is -0.385. The number of carbonyl (C=O) groups is 2. The van der Waals surface area contributed by atoms with Crippen molar-refractivity contribution in [3.8, 4) is 5.75 Å². The standard InChI is InChI=1S/C13H14N2O6/c1-21-10-4-3-8(7-9(10)15(19)20)14-11(16)13(12(17)18)5-2-6-13/h3-4,7H,2,5-6H2,1H3,(H,14,16)(H,17,18). The minimum absolute atomic E-state index is 0.0644. The molecule has 0 spiro atoms. The van der Waals surface area contributed by atoms with Gasteiger partial charge in [0.15, 0.2) is 5.75 Å². The van der Waals surface area contributed by atoms with E-state index in [-0.39, 0.29) is 30.0 Å². The number of amides is 1. The zero-order valence-electron chi connectivity index (χ0n) is 11.3. The van der Waals surface area contributed by atoms with E-state index in [1.807, 2.05) is 0 Å². The Balaban J connectivity index is 2.24. The number of hydrogen-bond donors (Lipinski definition) is 2. The summed E-state index contributed by atoms with van der Waals surface area (Å²) in [6, 6.07) is 3.92. The van der Waals surface area contributed by atoms with Crippen LogP contribution in [0.25, 0.3) is 0 Å². The number of ether oxygens (including phenoxy) is 1. The largest absolute Gasteiger partial charge is 0.490 e. The predicted molar refractivity (Wildman–Crippen MR) is 72.2 cm³/mol. The van der Waals surface area contributed by atoms with Crippen molar-refractivity contribution < 1.29 is 24.4 Å². The van der Waals surface area contributed by atoms with Crippen molar-refractivity contribution in [3.05, 3.63) is 28.3 Å². The molecular formula is C13H14N2O6. The first-order valence-electron chi connectivity index (χ1n) is 6.28. The summed E-state index contributed by atoms with van der Waals surface area (Å²) >= 11 is 0. The lowest BCUT2D eigenvalue weighted by Crippen LogP contribution is -2.48. The third-order valence-electron chi connectivity index (χ3n) is 3.68. The second-order valence-electron chi connectivity index (χ2n) is 4.84. The highest BCUT2D eigenvalue weighted by Crippen LogP contribution is 2.42. The molecule has 1 aromatic carbocycles. The molecule has 0 aliphatic heterocycles. The molecule has 0 radical (unpaired) electrons. The fourth-order valence-electron chi connectivity index (χ4n) is 2.23. The molecule has 0 aromatic heterocycles. The number of carbonyl (C=O) groups excluding carboxylic acids is 1. The highest BCUT2D eigenvalue weighted by atomic mass is 16.6. The molecule has 0 heterocycles. The van der Waals surface area contributed by atoms with Crippen molar-refractivity contribution >= 4 is 23.3 Å². The van der Waals surface area contributed by atoms with Crippen LogP contribution >= 0.6 is 0 Å². The van der Waals surface area contributed by atoms with E-state index in [0.717, 1.165) is 6.07 Å². The van der Waals surface area contributed by atoms with Gasteiger partial charge in [0.25, 0.3) is 0 Å². The van der Waals surface area contributed by atoms with Crippen LogP contribution in [0.1, 0.15) is 19.3 Å². The predicted octanol–water partition coefficient (Wildman–Crippen LogP) is 1.80. The summed E-state index contributed by atoms with van der Waals surface area (Å²) in [5.41, 5.74) is -1.55. The molecule has 8 heteroatoms. The Kier molecular flexibility index (Phi) is 3.79. The Morgan fingerprint density at radius 2 is 2.10 bits per heavy atom. The van der Waals surface area contributed by atoms with Gasteiger partial charge in [-0.25, -0.2) is 0 Å². The Labute approximate surface area is 119 Å². The van der Waals surface area contributed by atoms with Crippen molar-refractivity contribution in [2.24, 2.45) is 5.41 Å². The van der Waals surface area contributed by atoms with E-state index >= 15 is 0 Å². The molecule has 0 saturated heterocycles. The van der Waals surface area contributed by atoms with Crippen LogP contribution in [0.3, 0.4) is 0 Å². The second-order valence-corrected chi connectivity index (χ2v) is 4.84. The van der Waals surface area contributed by atoms with Crippen molar-refractivity contribution in [2.45, 2.75) is 19.3 Å². The smallest absolute Gasteiger partial charge is 0.319 e. The highest BCUT2D eigenvalue weighted by Gasteiger charge is 2.51. The van der Waals surface area contributed by atoms with E-state index in [9.17, 15) is 19.7 Å². The van der Waals surface area contributed by atoms with Crippen LogP contribution in [0.4, 0.5) is 11.4 Å². The van der Waals surface area contributed by atoms with Gasteiger partial charge >= 0.3 is 11.7 Å². The minimum Gasteiger partial charge on any atom is -0.490 e. The van der Waals surface area contributed by atoms with Crippen molar-refractivity contribution in [3.63, 3.8) is 0 Å². The van der Waals surface area contributed by atoms with Gasteiger partial charge in [0.1, 0.15) is 5.41 Å². The molecule has 0 atom stereocenters. The van der Waals surface area contributed by atoms with Crippen LogP contribution in [-0.2, 0) is 9.59 Å². The molecule has 2 N–H and O–H groups in total. The molecule has 1 fully saturated rings. The maximum absolute atomic E-state index is 12.1. The quantitative estimate of drug-likeness (QED) is 0.485. The average Bonchev–Trinajstić information content (AvgIpc) is 2.36. The summed E-state index contributed by atoms with van der Waals surface area (Å²) in [5.74, 6) is -1.76. The van der Waals surface area contributed by atoms with Gasteiger partial charge in [-0.05, 0) is 25.0 Å². The number of anilines is 1. The lowest BCUT2D eigenvalue weighted by Gasteiger charge is -2.35. The summed E-state index contributed by atoms with van der Waals surface area (Å²) < 4.78 is 4.86. The Morgan fingerprint density at radius 3 is 2.52 bits per heavy atom. The van der Waals surface area contributed by atoms with E-state index in [0.29, 0.717) is 6.42 Å². The van der Waals surface area contributed by atoms with Crippen LogP contribution in [-0.4, -0.2) is 29.0 Å². The second kappa shape index (κ2) is 5.39. The molecule has 21 heavy (non-hydrogen) atoms. The van der Waals surface area contributed by atoms with E-state index in [4.69, 9.17) is 9.84 Å². The maximum atomic E-state index is 12.1. The number of rotatable bonds is 5. The number of carboxylic acid groups (broad SMARTS) is 1. The summed E-state index contributed by atoms with van der Waals surface area (Å²) in [5, 5.41) is 22.5. The van der Waals surface area contributed by atoms with Gasteiger partial charge in [0.2, 0.25) is 5.91 Å². The van der Waals surface area contributed by atoms with E-state index in [1.165, 1.54) is 19.2 Å². The molecule has 0 unspecified atom stereocenters. The summed E-state index contributed by atoms with van der Waals surface area (Å²) in [7, 11) is 1.30. The Morgan fingerprint density at radius 1 is 1.43 bits per heavy atom. The van der Waals surface area contributed by atoms with Gasteiger partial charge in [-0.2, -0.15) is 0 Å². The number of methoxy groups -OCH3 is 1. The van der Waals surface area contributed by atoms with Crippen LogP contribution in [0, 0.1) is 15.5 Å². The van der Waals surface area contributed by atoms with Crippen molar-refractivity contribution in [1.29, 1.82) is 0 Å². The first-order chi connectivity index (χ1) is 9.90. The fourth-order valence-corrected chi connectivity index (χ4v) is 2.23. The van der Waals surface area contributed by atoms with Crippen molar-refractivity contribution in [1.82, 2.24) is 0 Å². The first kappa shape index (κ1) is 14.8. The number of nitrogens with zero attached hydrogens (tertiary/aromatic N) is 1. The minimum atomic E-state index is -1.42. The van der Waals surface area contributed by atoms with Crippen molar-refractivity contribution in [2.75, 3.05) is 12.4 Å². The van der Waals surface area contributed by atoms with Gasteiger partial charge in [0, 0.05) is 11.8 Å². The Hall–Kier alpha value is -2.64. The van der Waals surface area contributed by atoms with Gasteiger partial charge < -0.3 is 15.2 Å². The summed E-state index contributed by atoms with van der Waals surface area (Å²) in [6.07, 6.45) is 1.21. The van der Waals surface area contributed by atoms with Gasteiger partial charge in [-0.3, -0.25) is 19.7 Å². The molecule has 2 rings (SSSR count). The van der Waals surface area contributed by atoms with Gasteiger partial charge in [-0.15, -0.1) is 0 Å². The SMILES string of the molecule is COc1ccc(NC(=O)C2(C(=O)O)CCC2)cc1[N+](=O)[O-]. The number of benzene rings is 1. The number of carboxylic acids is 1. The number of nitro benzene ring substituents is 1. The average molecular weight is 294 g/mol. The molecular weight excluding hydrogens is 280 g/mol. The van der Waals surface area contributed by atoms with E-state index < -0.39 is 22.2 Å². The van der Waals surface area contributed by atoms with Crippen LogP contribution in [0.5, 0.6) is 5.75 Å². The first-order valence-corrected chi connectivity index (χ1v) is 6.28. The molecule has 1 saturated carbocycles. The molecule has 1 aliphatic carbocycles. The normalized spacial score (nSPS) is 15.7. The molecule has 8 nitrogen and oxygen atoms in total. The Bertz CT molecular complexity index is 609. The topological polar surface area (TPSA) is 119 Å². The van der Waals surface area contributed by atoms with E-state index in [1.54, 1.807) is 0 Å². The van der Waals surface area contributed by atoms with Crippen LogP contribution in [0.15, 0.2) is 18.2 Å². The van der Waals surface area contributed by atoms with Crippen LogP contribution < -0.4 is 10.1 Å². The van der Waals surface area contributed by atoms with Gasteiger partial charge in [-0.1, -0.05) is 6.42 Å². The number of hydrogen-bond acceptors (Lipinski definition) is 5. The number of aliphatic carboxylic acids is 1.